The summed E-state index contributed by atoms with van der Waals surface area (Å²) in [6, 6.07) is 7.36. The van der Waals surface area contributed by atoms with Crippen molar-refractivity contribution >= 4 is 28.6 Å². The van der Waals surface area contributed by atoms with Crippen LogP contribution in [0.1, 0.15) is 20.3 Å². The van der Waals surface area contributed by atoms with E-state index in [1.54, 1.807) is 22.8 Å². The quantitative estimate of drug-likeness (QED) is 0.481. The molecule has 2 aromatic rings. The maximum absolute atomic E-state index is 12.6. The fourth-order valence-electron chi connectivity index (χ4n) is 2.10. The summed E-state index contributed by atoms with van der Waals surface area (Å²) >= 11 is 1.27. The lowest BCUT2D eigenvalue weighted by molar-refractivity contribution is -0.119. The van der Waals surface area contributed by atoms with Gasteiger partial charge in [-0.15, -0.1) is 6.58 Å². The third-order valence-corrected chi connectivity index (χ3v) is 4.47. The SMILES string of the molecule is C=CCn1c(SCC(=O)N[C@@H](C)CC)nc2ccccc2c1=O. The topological polar surface area (TPSA) is 64.0 Å². The van der Waals surface area contributed by atoms with Gasteiger partial charge in [0.2, 0.25) is 5.91 Å². The molecule has 0 unspecified atom stereocenters. The molecule has 0 aliphatic rings. The number of carbonyl (C=O) groups excluding carboxylic acids is 1. The van der Waals surface area contributed by atoms with Crippen LogP contribution in [0.4, 0.5) is 0 Å². The van der Waals surface area contributed by atoms with Crippen LogP contribution in [0, 0.1) is 0 Å². The zero-order valence-corrected chi connectivity index (χ0v) is 14.2. The van der Waals surface area contributed by atoms with Crippen LogP contribution in [0.2, 0.25) is 0 Å². The lowest BCUT2D eigenvalue weighted by atomic mass is 10.2. The normalized spacial score (nSPS) is 12.1. The summed E-state index contributed by atoms with van der Waals surface area (Å²) in [6.45, 7) is 8.04. The van der Waals surface area contributed by atoms with Gasteiger partial charge in [0.05, 0.1) is 16.7 Å². The van der Waals surface area contributed by atoms with Gasteiger partial charge in [0.1, 0.15) is 0 Å². The maximum Gasteiger partial charge on any atom is 0.262 e. The first-order chi connectivity index (χ1) is 11.1. The van der Waals surface area contributed by atoms with Gasteiger partial charge in [-0.3, -0.25) is 14.2 Å². The third kappa shape index (κ3) is 4.22. The second-order valence-corrected chi connectivity index (χ2v) is 6.22. The molecule has 0 radical (unpaired) electrons. The fraction of sp³-hybridized carbons (Fsp3) is 0.353. The van der Waals surface area contributed by atoms with Crippen molar-refractivity contribution in [3.63, 3.8) is 0 Å². The standard InChI is InChI=1S/C17H21N3O2S/c1-4-10-20-16(22)13-8-6-7-9-14(13)19-17(20)23-11-15(21)18-12(3)5-2/h4,6-9,12H,1,5,10-11H2,2-3H3,(H,18,21)/t12-/m0/s1. The van der Waals surface area contributed by atoms with Crippen LogP contribution in [0.25, 0.3) is 10.9 Å². The Bertz CT molecular complexity index is 770. The highest BCUT2D eigenvalue weighted by atomic mass is 32.2. The first-order valence-electron chi connectivity index (χ1n) is 7.59. The fourth-order valence-corrected chi connectivity index (χ4v) is 2.92. The molecular formula is C17H21N3O2S. The average Bonchev–Trinajstić information content (AvgIpc) is 2.55. The molecule has 6 heteroatoms. The smallest absolute Gasteiger partial charge is 0.262 e. The number of carbonyl (C=O) groups is 1. The predicted octanol–water partition coefficient (Wildman–Crippen LogP) is 2.59. The molecule has 1 amide bonds. The van der Waals surface area contributed by atoms with Crippen LogP contribution in [-0.4, -0.2) is 27.3 Å². The Morgan fingerprint density at radius 3 is 2.91 bits per heavy atom. The van der Waals surface area contributed by atoms with Gasteiger partial charge in [-0.1, -0.05) is 36.9 Å². The van der Waals surface area contributed by atoms with Gasteiger partial charge >= 0.3 is 0 Å². The minimum Gasteiger partial charge on any atom is -0.353 e. The highest BCUT2D eigenvalue weighted by Crippen LogP contribution is 2.17. The van der Waals surface area contributed by atoms with Gasteiger partial charge in [0.25, 0.3) is 5.56 Å². The van der Waals surface area contributed by atoms with Crippen molar-refractivity contribution in [2.75, 3.05) is 5.75 Å². The molecule has 0 aliphatic heterocycles. The van der Waals surface area contributed by atoms with Crippen LogP contribution in [0.3, 0.4) is 0 Å². The molecule has 0 aliphatic carbocycles. The number of hydrogen-bond acceptors (Lipinski definition) is 4. The van der Waals surface area contributed by atoms with Gasteiger partial charge in [-0.25, -0.2) is 4.98 Å². The molecule has 0 spiro atoms. The Labute approximate surface area is 139 Å². The Balaban J connectivity index is 2.28. The number of thioether (sulfide) groups is 1. The summed E-state index contributed by atoms with van der Waals surface area (Å²) < 4.78 is 1.55. The van der Waals surface area contributed by atoms with Crippen LogP contribution in [-0.2, 0) is 11.3 Å². The molecule has 0 saturated carbocycles. The van der Waals surface area contributed by atoms with E-state index in [1.165, 1.54) is 11.8 Å². The van der Waals surface area contributed by atoms with Crippen LogP contribution < -0.4 is 10.9 Å². The largest absolute Gasteiger partial charge is 0.353 e. The first-order valence-corrected chi connectivity index (χ1v) is 8.58. The Morgan fingerprint density at radius 1 is 1.48 bits per heavy atom. The molecule has 23 heavy (non-hydrogen) atoms. The maximum atomic E-state index is 12.6. The van der Waals surface area contributed by atoms with E-state index in [4.69, 9.17) is 0 Å². The second-order valence-electron chi connectivity index (χ2n) is 5.28. The molecule has 1 heterocycles. The van der Waals surface area contributed by atoms with Gasteiger partial charge < -0.3 is 5.32 Å². The number of nitrogens with zero attached hydrogens (tertiary/aromatic N) is 2. The highest BCUT2D eigenvalue weighted by Gasteiger charge is 2.13. The van der Waals surface area contributed by atoms with E-state index in [9.17, 15) is 9.59 Å². The number of para-hydroxylation sites is 1. The van der Waals surface area contributed by atoms with Gasteiger partial charge in [0.15, 0.2) is 5.16 Å². The molecular weight excluding hydrogens is 310 g/mol. The van der Waals surface area contributed by atoms with Crippen molar-refractivity contribution in [3.05, 3.63) is 47.3 Å². The number of allylic oxidation sites excluding steroid dienone is 1. The number of rotatable bonds is 7. The van der Waals surface area contributed by atoms with Crippen LogP contribution in [0.15, 0.2) is 46.9 Å². The Kier molecular flexibility index (Phi) is 5.98. The van der Waals surface area contributed by atoms with E-state index in [0.29, 0.717) is 22.6 Å². The molecule has 122 valence electrons. The van der Waals surface area contributed by atoms with Crippen LogP contribution >= 0.6 is 11.8 Å². The summed E-state index contributed by atoms with van der Waals surface area (Å²) in [5, 5.41) is 4.02. The number of aromatic nitrogens is 2. The lowest BCUT2D eigenvalue weighted by Gasteiger charge is -2.13. The average molecular weight is 331 g/mol. The summed E-state index contributed by atoms with van der Waals surface area (Å²) in [4.78, 5) is 29.0. The third-order valence-electron chi connectivity index (χ3n) is 3.49. The van der Waals surface area contributed by atoms with E-state index in [-0.39, 0.29) is 23.3 Å². The highest BCUT2D eigenvalue weighted by molar-refractivity contribution is 7.99. The molecule has 0 bridgehead atoms. The van der Waals surface area contributed by atoms with E-state index < -0.39 is 0 Å². The van der Waals surface area contributed by atoms with Gasteiger partial charge in [-0.2, -0.15) is 0 Å². The van der Waals surface area contributed by atoms with Crippen molar-refractivity contribution < 1.29 is 4.79 Å². The lowest BCUT2D eigenvalue weighted by Crippen LogP contribution is -2.33. The minimum absolute atomic E-state index is 0.0584. The van der Waals surface area contributed by atoms with Crippen LogP contribution in [0.5, 0.6) is 0 Å². The first kappa shape index (κ1) is 17.3. The molecule has 0 saturated heterocycles. The molecule has 0 fully saturated rings. The summed E-state index contributed by atoms with van der Waals surface area (Å²) in [5.41, 5.74) is 0.531. The van der Waals surface area contributed by atoms with E-state index >= 15 is 0 Å². The number of benzene rings is 1. The summed E-state index contributed by atoms with van der Waals surface area (Å²) in [5.74, 6) is 0.170. The van der Waals surface area contributed by atoms with Gasteiger partial charge in [0, 0.05) is 12.6 Å². The molecule has 1 aromatic heterocycles. The van der Waals surface area contributed by atoms with Crippen molar-refractivity contribution in [1.82, 2.24) is 14.9 Å². The molecule has 5 nitrogen and oxygen atoms in total. The molecule has 1 atom stereocenters. The number of amides is 1. The van der Waals surface area contributed by atoms with Crippen molar-refractivity contribution in [2.45, 2.75) is 38.0 Å². The summed E-state index contributed by atoms with van der Waals surface area (Å²) in [6.07, 6.45) is 2.53. The number of fused-ring (bicyclic) bond motifs is 1. The van der Waals surface area contributed by atoms with E-state index in [2.05, 4.69) is 16.9 Å². The van der Waals surface area contributed by atoms with Crippen molar-refractivity contribution in [1.29, 1.82) is 0 Å². The zero-order chi connectivity index (χ0) is 16.8. The monoisotopic (exact) mass is 331 g/mol. The van der Waals surface area contributed by atoms with E-state index in [0.717, 1.165) is 6.42 Å². The van der Waals surface area contributed by atoms with Crippen molar-refractivity contribution in [2.24, 2.45) is 0 Å². The van der Waals surface area contributed by atoms with E-state index in [1.807, 2.05) is 26.0 Å². The zero-order valence-electron chi connectivity index (χ0n) is 13.4. The summed E-state index contributed by atoms with van der Waals surface area (Å²) in [7, 11) is 0. The Hall–Kier alpha value is -2.08. The molecule has 1 N–H and O–H groups in total. The minimum atomic E-state index is -0.111. The van der Waals surface area contributed by atoms with Crippen molar-refractivity contribution in [3.8, 4) is 0 Å². The second kappa shape index (κ2) is 7.97. The molecule has 1 aromatic carbocycles. The predicted molar refractivity (Wildman–Crippen MR) is 94.8 cm³/mol. The molecule has 2 rings (SSSR count). The Morgan fingerprint density at radius 2 is 2.22 bits per heavy atom. The number of nitrogens with one attached hydrogen (secondary N) is 1. The van der Waals surface area contributed by atoms with Gasteiger partial charge in [-0.05, 0) is 25.5 Å². The number of hydrogen-bond donors (Lipinski definition) is 1.